The highest BCUT2D eigenvalue weighted by molar-refractivity contribution is 5.83. The molecule has 68 valence electrons. The Kier molecular flexibility index (Phi) is 2.81. The topological polar surface area (TPSA) is 66.4 Å². The molecule has 0 heterocycles. The van der Waals surface area contributed by atoms with Crippen LogP contribution in [0.3, 0.4) is 0 Å². The molecule has 0 saturated heterocycles. The van der Waals surface area contributed by atoms with Crippen molar-refractivity contribution in [3.63, 3.8) is 0 Å². The zero-order valence-electron chi connectivity index (χ0n) is 6.99. The Morgan fingerprint density at radius 1 is 1.67 bits per heavy atom. The van der Waals surface area contributed by atoms with Gasteiger partial charge in [-0.15, -0.1) is 0 Å². The van der Waals surface area contributed by atoms with Gasteiger partial charge in [0.25, 0.3) is 0 Å². The summed E-state index contributed by atoms with van der Waals surface area (Å²) < 4.78 is 0. The van der Waals surface area contributed by atoms with E-state index in [0.29, 0.717) is 6.29 Å². The summed E-state index contributed by atoms with van der Waals surface area (Å²) in [7, 11) is 0. The van der Waals surface area contributed by atoms with Crippen LogP contribution in [0, 0.1) is 5.92 Å². The lowest BCUT2D eigenvalue weighted by molar-refractivity contribution is -0.132. The van der Waals surface area contributed by atoms with Gasteiger partial charge in [0.05, 0.1) is 6.04 Å². The second-order valence-corrected chi connectivity index (χ2v) is 3.22. The molecule has 0 aromatic rings. The Balaban J connectivity index is 2.30. The van der Waals surface area contributed by atoms with Gasteiger partial charge in [-0.3, -0.25) is 4.79 Å². The minimum absolute atomic E-state index is 0.115. The number of aliphatic hydroxyl groups is 1. The van der Waals surface area contributed by atoms with Gasteiger partial charge in [-0.1, -0.05) is 0 Å². The summed E-state index contributed by atoms with van der Waals surface area (Å²) in [6, 6.07) is -0.508. The molecule has 0 bridgehead atoms. The van der Waals surface area contributed by atoms with Crippen LogP contribution >= 0.6 is 0 Å². The zero-order chi connectivity index (χ0) is 9.14. The molecule has 1 aliphatic carbocycles. The number of nitrogens with one attached hydrogen (secondary N) is 1. The van der Waals surface area contributed by atoms with Gasteiger partial charge in [-0.05, 0) is 25.7 Å². The third-order valence-corrected chi connectivity index (χ3v) is 1.91. The Labute approximate surface area is 71.0 Å². The molecule has 1 rings (SSSR count). The van der Waals surface area contributed by atoms with E-state index in [4.69, 9.17) is 0 Å². The third-order valence-electron chi connectivity index (χ3n) is 1.91. The van der Waals surface area contributed by atoms with E-state index in [1.165, 1.54) is 0 Å². The molecular formula is C8H13NO3. The molecule has 0 aliphatic heterocycles. The Bertz CT molecular complexity index is 189. The van der Waals surface area contributed by atoms with Crippen molar-refractivity contribution >= 4 is 12.2 Å². The van der Waals surface area contributed by atoms with Crippen molar-refractivity contribution in [3.05, 3.63) is 0 Å². The highest BCUT2D eigenvalue weighted by atomic mass is 16.3. The first-order valence-electron chi connectivity index (χ1n) is 4.09. The number of carbonyl (C=O) groups is 2. The summed E-state index contributed by atoms with van der Waals surface area (Å²) in [5.41, 5.74) is 0. The molecule has 4 nitrogen and oxygen atoms in total. The van der Waals surface area contributed by atoms with Crippen molar-refractivity contribution in [1.29, 1.82) is 0 Å². The van der Waals surface area contributed by atoms with Crippen LogP contribution in [-0.2, 0) is 9.59 Å². The fourth-order valence-electron chi connectivity index (χ4n) is 0.970. The van der Waals surface area contributed by atoms with Crippen molar-refractivity contribution in [1.82, 2.24) is 5.32 Å². The van der Waals surface area contributed by atoms with E-state index in [1.807, 2.05) is 0 Å². The maximum absolute atomic E-state index is 11.1. The standard InChI is InChI=1S/C8H13NO3/c1-5(4-10)9-8(12)7(11)6-2-3-6/h4-7,11H,2-3H2,1H3,(H,9,12)/t5-,7-/m0/s1. The molecule has 4 heteroatoms. The van der Waals surface area contributed by atoms with Crippen LogP contribution in [-0.4, -0.2) is 29.4 Å². The molecule has 1 saturated carbocycles. The highest BCUT2D eigenvalue weighted by Gasteiger charge is 2.34. The van der Waals surface area contributed by atoms with Crippen molar-refractivity contribution < 1.29 is 14.7 Å². The summed E-state index contributed by atoms with van der Waals surface area (Å²) in [6.45, 7) is 1.57. The number of aliphatic hydroxyl groups excluding tert-OH is 1. The molecule has 12 heavy (non-hydrogen) atoms. The van der Waals surface area contributed by atoms with E-state index < -0.39 is 18.1 Å². The predicted octanol–water partition coefficient (Wildman–Crippen LogP) is -0.539. The fourth-order valence-corrected chi connectivity index (χ4v) is 0.970. The first-order valence-corrected chi connectivity index (χ1v) is 4.09. The second-order valence-electron chi connectivity index (χ2n) is 3.22. The van der Waals surface area contributed by atoms with Gasteiger partial charge in [-0.2, -0.15) is 0 Å². The van der Waals surface area contributed by atoms with Gasteiger partial charge < -0.3 is 15.2 Å². The molecule has 0 aromatic carbocycles. The van der Waals surface area contributed by atoms with Crippen LogP contribution in [0.25, 0.3) is 0 Å². The SMILES string of the molecule is C[C@@H](C=O)NC(=O)[C@@H](O)C1CC1. The normalized spacial score (nSPS) is 21.2. The maximum Gasteiger partial charge on any atom is 0.249 e. The molecule has 2 N–H and O–H groups in total. The van der Waals surface area contributed by atoms with Gasteiger partial charge in [0, 0.05) is 0 Å². The average molecular weight is 171 g/mol. The molecule has 2 atom stereocenters. The zero-order valence-corrected chi connectivity index (χ0v) is 6.99. The van der Waals surface area contributed by atoms with Crippen molar-refractivity contribution in [2.45, 2.75) is 31.9 Å². The molecule has 1 amide bonds. The van der Waals surface area contributed by atoms with Crippen LogP contribution in [0.15, 0.2) is 0 Å². The molecule has 0 spiro atoms. The van der Waals surface area contributed by atoms with Gasteiger partial charge in [-0.25, -0.2) is 0 Å². The highest BCUT2D eigenvalue weighted by Crippen LogP contribution is 2.32. The molecular weight excluding hydrogens is 158 g/mol. The van der Waals surface area contributed by atoms with Gasteiger partial charge >= 0.3 is 0 Å². The third kappa shape index (κ3) is 2.30. The van der Waals surface area contributed by atoms with Crippen LogP contribution in [0.2, 0.25) is 0 Å². The van der Waals surface area contributed by atoms with E-state index in [-0.39, 0.29) is 5.92 Å². The van der Waals surface area contributed by atoms with E-state index in [0.717, 1.165) is 12.8 Å². The lowest BCUT2D eigenvalue weighted by Gasteiger charge is -2.11. The van der Waals surface area contributed by atoms with Crippen molar-refractivity contribution in [3.8, 4) is 0 Å². The average Bonchev–Trinajstić information content (AvgIpc) is 2.85. The van der Waals surface area contributed by atoms with Gasteiger partial charge in [0.2, 0.25) is 5.91 Å². The largest absolute Gasteiger partial charge is 0.383 e. The molecule has 0 unspecified atom stereocenters. The first kappa shape index (κ1) is 9.19. The van der Waals surface area contributed by atoms with Crippen molar-refractivity contribution in [2.75, 3.05) is 0 Å². The van der Waals surface area contributed by atoms with Crippen LogP contribution < -0.4 is 5.32 Å². The Morgan fingerprint density at radius 3 is 2.67 bits per heavy atom. The number of carbonyl (C=O) groups excluding carboxylic acids is 2. The molecule has 0 aromatic heterocycles. The van der Waals surface area contributed by atoms with Gasteiger partial charge in [0.1, 0.15) is 12.4 Å². The van der Waals surface area contributed by atoms with Gasteiger partial charge in [0.15, 0.2) is 0 Å². The smallest absolute Gasteiger partial charge is 0.249 e. The number of hydrogen-bond donors (Lipinski definition) is 2. The van der Waals surface area contributed by atoms with Crippen LogP contribution in [0.1, 0.15) is 19.8 Å². The number of hydrogen-bond acceptors (Lipinski definition) is 3. The minimum Gasteiger partial charge on any atom is -0.383 e. The lowest BCUT2D eigenvalue weighted by atomic mass is 10.2. The number of rotatable bonds is 4. The summed E-state index contributed by atoms with van der Waals surface area (Å²) in [5.74, 6) is -0.319. The summed E-state index contributed by atoms with van der Waals surface area (Å²) in [5, 5.41) is 11.7. The second kappa shape index (κ2) is 3.67. The minimum atomic E-state index is -0.924. The Hall–Kier alpha value is -0.900. The van der Waals surface area contributed by atoms with Crippen LogP contribution in [0.5, 0.6) is 0 Å². The van der Waals surface area contributed by atoms with E-state index in [2.05, 4.69) is 5.32 Å². The number of amides is 1. The molecule has 1 aliphatic rings. The molecule has 0 radical (unpaired) electrons. The van der Waals surface area contributed by atoms with E-state index in [9.17, 15) is 14.7 Å². The maximum atomic E-state index is 11.1. The summed E-state index contributed by atoms with van der Waals surface area (Å²) >= 11 is 0. The van der Waals surface area contributed by atoms with E-state index in [1.54, 1.807) is 6.92 Å². The van der Waals surface area contributed by atoms with Crippen molar-refractivity contribution in [2.24, 2.45) is 5.92 Å². The first-order chi connectivity index (χ1) is 5.65. The summed E-state index contributed by atoms with van der Waals surface area (Å²) in [6.07, 6.45) is 1.53. The fraction of sp³-hybridized carbons (Fsp3) is 0.750. The van der Waals surface area contributed by atoms with Crippen LogP contribution in [0.4, 0.5) is 0 Å². The van der Waals surface area contributed by atoms with E-state index >= 15 is 0 Å². The quantitative estimate of drug-likeness (QED) is 0.558. The monoisotopic (exact) mass is 171 g/mol. The Morgan fingerprint density at radius 2 is 2.25 bits per heavy atom. The lowest BCUT2D eigenvalue weighted by Crippen LogP contribution is -2.41. The molecule has 1 fully saturated rings. The number of aldehydes is 1. The predicted molar refractivity (Wildman–Crippen MR) is 42.4 cm³/mol. The summed E-state index contributed by atoms with van der Waals surface area (Å²) in [4.78, 5) is 21.2.